The highest BCUT2D eigenvalue weighted by atomic mass is 16.6. The molecule has 0 aliphatic carbocycles. The van der Waals surface area contributed by atoms with Gasteiger partial charge in [0.25, 0.3) is 0 Å². The van der Waals surface area contributed by atoms with Crippen molar-refractivity contribution in [1.29, 1.82) is 0 Å². The van der Waals surface area contributed by atoms with Gasteiger partial charge in [0.2, 0.25) is 0 Å². The first-order chi connectivity index (χ1) is 8.34. The normalized spacial score (nSPS) is 11.3. The molecule has 18 heavy (non-hydrogen) atoms. The molecule has 100 valence electrons. The molecule has 0 bridgehead atoms. The maximum Gasteiger partial charge on any atom is 0.303 e. The second kappa shape index (κ2) is 5.89. The molecule has 0 fully saturated rings. The third-order valence-electron chi connectivity index (χ3n) is 2.72. The lowest BCUT2D eigenvalue weighted by Gasteiger charge is -2.24. The number of hydrogen-bond acceptors (Lipinski definition) is 3. The summed E-state index contributed by atoms with van der Waals surface area (Å²) in [6, 6.07) is 5.68. The highest BCUT2D eigenvalue weighted by molar-refractivity contribution is 5.66. The quantitative estimate of drug-likeness (QED) is 0.816. The maximum absolute atomic E-state index is 11.0. The highest BCUT2D eigenvalue weighted by Gasteiger charge is 2.22. The first-order valence-electron chi connectivity index (χ1n) is 6.34. The largest absolute Gasteiger partial charge is 0.508 e. The molecule has 1 rings (SSSR count). The summed E-state index contributed by atoms with van der Waals surface area (Å²) in [5.41, 5.74) is 1.38. The van der Waals surface area contributed by atoms with Crippen molar-refractivity contribution in [3.05, 3.63) is 29.3 Å². The van der Waals surface area contributed by atoms with Crippen LogP contribution < -0.4 is 0 Å². The molecule has 1 aromatic carbocycles. The van der Waals surface area contributed by atoms with E-state index in [2.05, 4.69) is 6.92 Å². The van der Waals surface area contributed by atoms with Gasteiger partial charge in [0.1, 0.15) is 11.4 Å². The Balaban J connectivity index is 2.79. The lowest BCUT2D eigenvalue weighted by atomic mass is 9.96. The van der Waals surface area contributed by atoms with Gasteiger partial charge in [0.15, 0.2) is 0 Å². The number of ether oxygens (including phenoxy) is 1. The Morgan fingerprint density at radius 1 is 1.39 bits per heavy atom. The van der Waals surface area contributed by atoms with Crippen molar-refractivity contribution in [1.82, 2.24) is 0 Å². The molecule has 0 aliphatic rings. The van der Waals surface area contributed by atoms with Gasteiger partial charge in [0.05, 0.1) is 0 Å². The van der Waals surface area contributed by atoms with E-state index in [1.54, 1.807) is 6.07 Å². The van der Waals surface area contributed by atoms with Crippen LogP contribution in [-0.4, -0.2) is 16.7 Å². The number of aromatic hydroxyl groups is 1. The van der Waals surface area contributed by atoms with Crippen LogP contribution in [0.4, 0.5) is 0 Å². The molecule has 0 radical (unpaired) electrons. The van der Waals surface area contributed by atoms with E-state index in [0.29, 0.717) is 12.2 Å². The summed E-state index contributed by atoms with van der Waals surface area (Å²) in [6.07, 6.45) is 2.47. The number of carbonyl (C=O) groups is 1. The first-order valence-corrected chi connectivity index (χ1v) is 6.34. The number of hydrogen-bond donors (Lipinski definition) is 1. The van der Waals surface area contributed by atoms with E-state index in [-0.39, 0.29) is 5.97 Å². The lowest BCUT2D eigenvalue weighted by Crippen LogP contribution is -2.29. The number of aryl methyl sites for hydroxylation is 1. The summed E-state index contributed by atoms with van der Waals surface area (Å²) < 4.78 is 5.24. The standard InChI is InChI=1S/C15H22O3/c1-5-6-13-8-7-12(9-14(13)17)10-15(3,4)18-11(2)16/h7-9,17H,5-6,10H2,1-4H3. The molecule has 3 heteroatoms. The summed E-state index contributed by atoms with van der Waals surface area (Å²) in [5.74, 6) is 0.0415. The molecule has 0 aromatic heterocycles. The van der Waals surface area contributed by atoms with Crippen LogP contribution in [0.5, 0.6) is 5.75 Å². The molecule has 0 spiro atoms. The second-order valence-corrected chi connectivity index (χ2v) is 5.24. The Morgan fingerprint density at radius 3 is 2.56 bits per heavy atom. The number of benzene rings is 1. The summed E-state index contributed by atoms with van der Waals surface area (Å²) in [7, 11) is 0. The van der Waals surface area contributed by atoms with Gasteiger partial charge >= 0.3 is 5.97 Å². The molecular weight excluding hydrogens is 228 g/mol. The zero-order valence-corrected chi connectivity index (χ0v) is 11.6. The summed E-state index contributed by atoms with van der Waals surface area (Å²) in [4.78, 5) is 11.0. The van der Waals surface area contributed by atoms with Gasteiger partial charge in [0, 0.05) is 13.3 Å². The zero-order valence-electron chi connectivity index (χ0n) is 11.6. The summed E-state index contributed by atoms with van der Waals surface area (Å²) in [6.45, 7) is 7.22. The second-order valence-electron chi connectivity index (χ2n) is 5.24. The van der Waals surface area contributed by atoms with E-state index >= 15 is 0 Å². The molecule has 0 amide bonds. The molecule has 0 atom stereocenters. The number of phenolic OH excluding ortho intramolecular Hbond substituents is 1. The highest BCUT2D eigenvalue weighted by Crippen LogP contribution is 2.24. The van der Waals surface area contributed by atoms with Gasteiger partial charge in [-0.15, -0.1) is 0 Å². The number of esters is 1. The van der Waals surface area contributed by atoms with E-state index in [9.17, 15) is 9.90 Å². The van der Waals surface area contributed by atoms with Crippen molar-refractivity contribution in [2.24, 2.45) is 0 Å². The molecule has 1 aromatic rings. The molecular formula is C15H22O3. The Hall–Kier alpha value is -1.51. The average molecular weight is 250 g/mol. The summed E-state index contributed by atoms with van der Waals surface area (Å²) in [5, 5.41) is 9.89. The minimum atomic E-state index is -0.551. The van der Waals surface area contributed by atoms with Crippen molar-refractivity contribution in [3.63, 3.8) is 0 Å². The molecule has 0 aliphatic heterocycles. The maximum atomic E-state index is 11.0. The van der Waals surface area contributed by atoms with Crippen molar-refractivity contribution in [3.8, 4) is 5.75 Å². The van der Waals surface area contributed by atoms with Gasteiger partial charge in [-0.2, -0.15) is 0 Å². The van der Waals surface area contributed by atoms with Crippen LogP contribution in [0.25, 0.3) is 0 Å². The van der Waals surface area contributed by atoms with Gasteiger partial charge in [-0.1, -0.05) is 25.5 Å². The minimum Gasteiger partial charge on any atom is -0.508 e. The fourth-order valence-electron chi connectivity index (χ4n) is 2.12. The van der Waals surface area contributed by atoms with E-state index in [1.807, 2.05) is 26.0 Å². The third kappa shape index (κ3) is 4.40. The van der Waals surface area contributed by atoms with Gasteiger partial charge < -0.3 is 9.84 Å². The van der Waals surface area contributed by atoms with Crippen molar-refractivity contribution < 1.29 is 14.6 Å². The monoisotopic (exact) mass is 250 g/mol. The predicted molar refractivity (Wildman–Crippen MR) is 71.7 cm³/mol. The molecule has 1 N–H and O–H groups in total. The molecule has 0 saturated carbocycles. The van der Waals surface area contributed by atoms with E-state index < -0.39 is 5.60 Å². The van der Waals surface area contributed by atoms with Crippen molar-refractivity contribution >= 4 is 5.97 Å². The zero-order chi connectivity index (χ0) is 13.8. The van der Waals surface area contributed by atoms with Gasteiger partial charge in [-0.05, 0) is 37.5 Å². The molecule has 0 unspecified atom stereocenters. The average Bonchev–Trinajstić information content (AvgIpc) is 2.19. The van der Waals surface area contributed by atoms with Crippen LogP contribution in [0.15, 0.2) is 18.2 Å². The first kappa shape index (κ1) is 14.6. The SMILES string of the molecule is CCCc1ccc(CC(C)(C)OC(C)=O)cc1O. The van der Waals surface area contributed by atoms with Crippen molar-refractivity contribution in [2.45, 2.75) is 52.6 Å². The van der Waals surface area contributed by atoms with Crippen LogP contribution in [0, 0.1) is 0 Å². The van der Waals surface area contributed by atoms with E-state index in [4.69, 9.17) is 4.74 Å². The Labute approximate surface area is 109 Å². The van der Waals surface area contributed by atoms with Gasteiger partial charge in [-0.3, -0.25) is 4.79 Å². The van der Waals surface area contributed by atoms with Crippen LogP contribution in [0.3, 0.4) is 0 Å². The Kier molecular flexibility index (Phi) is 4.76. The molecule has 0 heterocycles. The summed E-state index contributed by atoms with van der Waals surface area (Å²) >= 11 is 0. The van der Waals surface area contributed by atoms with Crippen molar-refractivity contribution in [2.75, 3.05) is 0 Å². The Bertz CT molecular complexity index is 422. The fourth-order valence-corrected chi connectivity index (χ4v) is 2.12. The number of phenols is 1. The van der Waals surface area contributed by atoms with Crippen LogP contribution >= 0.6 is 0 Å². The van der Waals surface area contributed by atoms with E-state index in [0.717, 1.165) is 24.0 Å². The third-order valence-corrected chi connectivity index (χ3v) is 2.72. The fraction of sp³-hybridized carbons (Fsp3) is 0.533. The van der Waals surface area contributed by atoms with Crippen LogP contribution in [-0.2, 0) is 22.4 Å². The Morgan fingerprint density at radius 2 is 2.06 bits per heavy atom. The topological polar surface area (TPSA) is 46.5 Å². The van der Waals surface area contributed by atoms with Crippen LogP contribution in [0.1, 0.15) is 45.2 Å². The molecule has 0 saturated heterocycles. The molecule has 3 nitrogen and oxygen atoms in total. The van der Waals surface area contributed by atoms with Crippen LogP contribution in [0.2, 0.25) is 0 Å². The minimum absolute atomic E-state index is 0.285. The predicted octanol–water partition coefficient (Wildman–Crippen LogP) is 3.23. The lowest BCUT2D eigenvalue weighted by molar-refractivity contribution is -0.153. The van der Waals surface area contributed by atoms with Gasteiger partial charge in [-0.25, -0.2) is 0 Å². The number of rotatable bonds is 5. The smallest absolute Gasteiger partial charge is 0.303 e. The number of carbonyl (C=O) groups excluding carboxylic acids is 1. The van der Waals surface area contributed by atoms with E-state index in [1.165, 1.54) is 6.92 Å².